The van der Waals surface area contributed by atoms with E-state index in [9.17, 15) is 5.11 Å². The summed E-state index contributed by atoms with van der Waals surface area (Å²) >= 11 is 6.21. The van der Waals surface area contributed by atoms with Crippen LogP contribution < -0.4 is 5.73 Å². The number of aliphatic hydroxyl groups is 1. The maximum atomic E-state index is 9.96. The fourth-order valence-electron chi connectivity index (χ4n) is 2.08. The Morgan fingerprint density at radius 2 is 1.83 bits per heavy atom. The van der Waals surface area contributed by atoms with E-state index in [0.717, 1.165) is 29.8 Å². The third-order valence-corrected chi connectivity index (χ3v) is 3.84. The summed E-state index contributed by atoms with van der Waals surface area (Å²) in [6.07, 6.45) is 2.87. The number of hydrogen-bond acceptors (Lipinski definition) is 2. The first-order valence-electron chi connectivity index (χ1n) is 6.65. The minimum absolute atomic E-state index is 0.125. The largest absolute Gasteiger partial charge is 0.392 e. The lowest BCUT2D eigenvalue weighted by atomic mass is 9.97. The smallest absolute Gasteiger partial charge is 0.0694 e. The Kier molecular flexibility index (Phi) is 6.13. The van der Waals surface area contributed by atoms with Crippen molar-refractivity contribution in [1.82, 2.24) is 0 Å². The summed E-state index contributed by atoms with van der Waals surface area (Å²) in [5.41, 5.74) is 9.44. The molecule has 0 bridgehead atoms. The molecule has 0 spiro atoms. The molecular formula is C15H24ClNO. The van der Waals surface area contributed by atoms with Gasteiger partial charge in [0.15, 0.2) is 0 Å². The van der Waals surface area contributed by atoms with Gasteiger partial charge in [-0.15, -0.1) is 0 Å². The van der Waals surface area contributed by atoms with E-state index < -0.39 is 6.10 Å². The number of aryl methyl sites for hydroxylation is 3. The van der Waals surface area contributed by atoms with Gasteiger partial charge >= 0.3 is 0 Å². The molecule has 0 aliphatic heterocycles. The van der Waals surface area contributed by atoms with Crippen LogP contribution in [-0.4, -0.2) is 17.3 Å². The van der Waals surface area contributed by atoms with Gasteiger partial charge < -0.3 is 10.8 Å². The molecule has 2 atom stereocenters. The molecule has 3 N–H and O–H groups in total. The topological polar surface area (TPSA) is 46.2 Å². The van der Waals surface area contributed by atoms with Gasteiger partial charge in [0.1, 0.15) is 0 Å². The highest BCUT2D eigenvalue weighted by atomic mass is 35.5. The maximum Gasteiger partial charge on any atom is 0.0694 e. The molecule has 0 amide bonds. The quantitative estimate of drug-likeness (QED) is 0.832. The zero-order valence-corrected chi connectivity index (χ0v) is 12.3. The van der Waals surface area contributed by atoms with Gasteiger partial charge in [0.2, 0.25) is 0 Å². The van der Waals surface area contributed by atoms with Crippen LogP contribution in [0.4, 0.5) is 0 Å². The molecule has 102 valence electrons. The Morgan fingerprint density at radius 1 is 1.22 bits per heavy atom. The highest BCUT2D eigenvalue weighted by molar-refractivity contribution is 6.31. The van der Waals surface area contributed by atoms with Gasteiger partial charge in [0.05, 0.1) is 6.10 Å². The molecule has 0 aliphatic carbocycles. The predicted octanol–water partition coefficient (Wildman–Crippen LogP) is 3.38. The fraction of sp³-hybridized carbons (Fsp3) is 0.600. The van der Waals surface area contributed by atoms with Gasteiger partial charge in [-0.2, -0.15) is 0 Å². The lowest BCUT2D eigenvalue weighted by Crippen LogP contribution is -2.34. The summed E-state index contributed by atoms with van der Waals surface area (Å²) < 4.78 is 0. The Hall–Kier alpha value is -0.570. The summed E-state index contributed by atoms with van der Waals surface area (Å²) in [5.74, 6) is 0. The van der Waals surface area contributed by atoms with Crippen molar-refractivity contribution in [3.05, 3.63) is 33.8 Å². The van der Waals surface area contributed by atoms with Crippen LogP contribution in [0.15, 0.2) is 12.1 Å². The summed E-state index contributed by atoms with van der Waals surface area (Å²) in [5, 5.41) is 10.7. The van der Waals surface area contributed by atoms with Crippen LogP contribution in [-0.2, 0) is 6.42 Å². The van der Waals surface area contributed by atoms with Crippen molar-refractivity contribution in [1.29, 1.82) is 0 Å². The molecule has 1 aromatic rings. The van der Waals surface area contributed by atoms with Crippen LogP contribution in [0.25, 0.3) is 0 Å². The zero-order chi connectivity index (χ0) is 13.7. The van der Waals surface area contributed by atoms with E-state index in [1.54, 1.807) is 0 Å². The molecule has 0 saturated heterocycles. The Bertz CT molecular complexity index is 392. The van der Waals surface area contributed by atoms with Gasteiger partial charge in [-0.3, -0.25) is 0 Å². The first-order valence-corrected chi connectivity index (χ1v) is 7.02. The third-order valence-electron chi connectivity index (χ3n) is 3.49. The number of rotatable bonds is 6. The summed E-state index contributed by atoms with van der Waals surface area (Å²) in [6, 6.07) is 3.97. The molecule has 2 nitrogen and oxygen atoms in total. The van der Waals surface area contributed by atoms with E-state index in [1.165, 1.54) is 11.1 Å². The highest BCUT2D eigenvalue weighted by Gasteiger charge is 2.14. The van der Waals surface area contributed by atoms with Crippen molar-refractivity contribution >= 4 is 11.6 Å². The molecule has 18 heavy (non-hydrogen) atoms. The number of hydrogen-bond donors (Lipinski definition) is 2. The highest BCUT2D eigenvalue weighted by Crippen LogP contribution is 2.23. The van der Waals surface area contributed by atoms with Gasteiger partial charge in [0.25, 0.3) is 0 Å². The molecule has 1 rings (SSSR count). The van der Waals surface area contributed by atoms with Gasteiger partial charge in [0, 0.05) is 11.1 Å². The van der Waals surface area contributed by atoms with Crippen LogP contribution in [0.3, 0.4) is 0 Å². The van der Waals surface area contributed by atoms with Crippen molar-refractivity contribution in [2.45, 2.75) is 58.6 Å². The van der Waals surface area contributed by atoms with Gasteiger partial charge in [-0.1, -0.05) is 31.0 Å². The minimum Gasteiger partial charge on any atom is -0.392 e. The van der Waals surface area contributed by atoms with E-state index in [2.05, 4.69) is 26.8 Å². The monoisotopic (exact) mass is 269 g/mol. The second-order valence-electron chi connectivity index (χ2n) is 5.09. The van der Waals surface area contributed by atoms with Gasteiger partial charge in [-0.25, -0.2) is 0 Å². The maximum absolute atomic E-state index is 9.96. The predicted molar refractivity (Wildman–Crippen MR) is 78.1 cm³/mol. The van der Waals surface area contributed by atoms with Crippen LogP contribution in [0.2, 0.25) is 5.02 Å². The molecular weight excluding hydrogens is 246 g/mol. The van der Waals surface area contributed by atoms with E-state index in [1.807, 2.05) is 6.07 Å². The second-order valence-corrected chi connectivity index (χ2v) is 5.49. The lowest BCUT2D eigenvalue weighted by molar-refractivity contribution is 0.131. The van der Waals surface area contributed by atoms with Crippen molar-refractivity contribution in [3.8, 4) is 0 Å². The third kappa shape index (κ3) is 4.27. The number of aliphatic hydroxyl groups excluding tert-OH is 1. The van der Waals surface area contributed by atoms with Crippen molar-refractivity contribution in [2.24, 2.45) is 5.73 Å². The molecule has 0 fully saturated rings. The van der Waals surface area contributed by atoms with Crippen LogP contribution >= 0.6 is 11.6 Å². The van der Waals surface area contributed by atoms with E-state index in [4.69, 9.17) is 17.3 Å². The minimum atomic E-state index is -0.442. The molecule has 3 heteroatoms. The van der Waals surface area contributed by atoms with E-state index in [-0.39, 0.29) is 6.04 Å². The van der Waals surface area contributed by atoms with Crippen LogP contribution in [0, 0.1) is 13.8 Å². The lowest BCUT2D eigenvalue weighted by Gasteiger charge is -2.18. The van der Waals surface area contributed by atoms with E-state index in [0.29, 0.717) is 6.42 Å². The first-order chi connectivity index (χ1) is 8.45. The number of nitrogens with two attached hydrogens (primary N) is 1. The second kappa shape index (κ2) is 7.13. The Labute approximate surface area is 115 Å². The average molecular weight is 270 g/mol. The Morgan fingerprint density at radius 3 is 2.44 bits per heavy atom. The molecule has 0 saturated carbocycles. The fourth-order valence-corrected chi connectivity index (χ4v) is 2.39. The Balaban J connectivity index is 2.61. The van der Waals surface area contributed by atoms with Crippen molar-refractivity contribution in [2.75, 3.05) is 0 Å². The molecule has 0 heterocycles. The SMILES string of the molecule is CCCC(N)C(O)CCc1cc(C)c(C)cc1Cl. The van der Waals surface area contributed by atoms with Crippen LogP contribution in [0.5, 0.6) is 0 Å². The molecule has 2 unspecified atom stereocenters. The van der Waals surface area contributed by atoms with Crippen molar-refractivity contribution < 1.29 is 5.11 Å². The first kappa shape index (κ1) is 15.5. The standard InChI is InChI=1S/C15H24ClNO/c1-4-5-14(17)15(18)7-6-12-8-10(2)11(3)9-13(12)16/h8-9,14-15,18H,4-7,17H2,1-3H3. The van der Waals surface area contributed by atoms with E-state index >= 15 is 0 Å². The average Bonchev–Trinajstić information content (AvgIpc) is 2.32. The zero-order valence-electron chi connectivity index (χ0n) is 11.5. The van der Waals surface area contributed by atoms with Crippen molar-refractivity contribution in [3.63, 3.8) is 0 Å². The number of benzene rings is 1. The molecule has 0 aliphatic rings. The summed E-state index contributed by atoms with van der Waals surface area (Å²) in [6.45, 7) is 6.21. The molecule has 1 aromatic carbocycles. The molecule has 0 aromatic heterocycles. The summed E-state index contributed by atoms with van der Waals surface area (Å²) in [7, 11) is 0. The summed E-state index contributed by atoms with van der Waals surface area (Å²) in [4.78, 5) is 0. The normalized spacial score (nSPS) is 14.6. The molecule has 0 radical (unpaired) electrons. The number of halogens is 1. The van der Waals surface area contributed by atoms with Crippen LogP contribution in [0.1, 0.15) is 42.9 Å². The van der Waals surface area contributed by atoms with Gasteiger partial charge in [-0.05, 0) is 55.9 Å².